The van der Waals surface area contributed by atoms with Crippen molar-refractivity contribution in [1.29, 1.82) is 0 Å². The van der Waals surface area contributed by atoms with Crippen molar-refractivity contribution < 1.29 is 14.3 Å². The molecule has 6 nitrogen and oxygen atoms in total. The van der Waals surface area contributed by atoms with E-state index in [4.69, 9.17) is 9.47 Å². The van der Waals surface area contributed by atoms with Gasteiger partial charge in [0.15, 0.2) is 0 Å². The fourth-order valence-electron chi connectivity index (χ4n) is 1.73. The van der Waals surface area contributed by atoms with E-state index >= 15 is 0 Å². The van der Waals surface area contributed by atoms with Gasteiger partial charge in [-0.15, -0.1) is 10.2 Å². The zero-order chi connectivity index (χ0) is 15.8. The Labute approximate surface area is 133 Å². The highest BCUT2D eigenvalue weighted by Crippen LogP contribution is 2.20. The summed E-state index contributed by atoms with van der Waals surface area (Å²) in [5.41, 5.74) is 1.11. The molecule has 2 rings (SSSR count). The highest BCUT2D eigenvalue weighted by molar-refractivity contribution is 7.15. The maximum Gasteiger partial charge on any atom is 0.413 e. The largest absolute Gasteiger partial charge is 0.497 e. The molecule has 22 heavy (non-hydrogen) atoms. The Morgan fingerprint density at radius 2 is 2.05 bits per heavy atom. The van der Waals surface area contributed by atoms with E-state index in [2.05, 4.69) is 15.5 Å². The lowest BCUT2D eigenvalue weighted by molar-refractivity contribution is 0.160. The molecule has 7 heteroatoms. The Kier molecular flexibility index (Phi) is 6.14. The van der Waals surface area contributed by atoms with Crippen LogP contribution in [0.1, 0.15) is 30.3 Å². The molecule has 0 aliphatic heterocycles. The number of unbranched alkanes of at least 4 members (excludes halogenated alkanes) is 1. The predicted octanol–water partition coefficient (Wildman–Crippen LogP) is 3.49. The molecular weight excluding hydrogens is 302 g/mol. The molecule has 0 atom stereocenters. The molecule has 1 heterocycles. The summed E-state index contributed by atoms with van der Waals surface area (Å²) >= 11 is 1.34. The number of anilines is 1. The number of aromatic nitrogens is 2. The Balaban J connectivity index is 1.86. The molecule has 0 aliphatic rings. The van der Waals surface area contributed by atoms with Gasteiger partial charge in [0.25, 0.3) is 0 Å². The lowest BCUT2D eigenvalue weighted by Gasteiger charge is -2.02. The molecule has 1 aromatic heterocycles. The highest BCUT2D eigenvalue weighted by Gasteiger charge is 2.09. The van der Waals surface area contributed by atoms with E-state index in [0.29, 0.717) is 18.2 Å². The summed E-state index contributed by atoms with van der Waals surface area (Å²) in [5.74, 6) is 0.818. The van der Waals surface area contributed by atoms with Crippen LogP contribution in [0.5, 0.6) is 5.75 Å². The van der Waals surface area contributed by atoms with Gasteiger partial charge < -0.3 is 9.47 Å². The quantitative estimate of drug-likeness (QED) is 0.790. The minimum atomic E-state index is -0.486. The molecule has 0 bridgehead atoms. The van der Waals surface area contributed by atoms with Crippen LogP contribution in [0, 0.1) is 0 Å². The smallest absolute Gasteiger partial charge is 0.413 e. The fourth-order valence-corrected chi connectivity index (χ4v) is 2.49. The molecule has 0 fully saturated rings. The van der Waals surface area contributed by atoms with Gasteiger partial charge in [0.1, 0.15) is 10.8 Å². The Morgan fingerprint density at radius 1 is 1.27 bits per heavy atom. The number of carbonyl (C=O) groups is 1. The average molecular weight is 321 g/mol. The van der Waals surface area contributed by atoms with Crippen molar-refractivity contribution in [2.24, 2.45) is 0 Å². The molecule has 0 aliphatic carbocycles. The molecule has 0 saturated carbocycles. The zero-order valence-electron chi connectivity index (χ0n) is 12.7. The van der Waals surface area contributed by atoms with Crippen molar-refractivity contribution in [3.63, 3.8) is 0 Å². The van der Waals surface area contributed by atoms with Gasteiger partial charge >= 0.3 is 6.09 Å². The summed E-state index contributed by atoms with van der Waals surface area (Å²) in [6.07, 6.45) is 2.01. The number of ether oxygens (including phenoxy) is 2. The summed E-state index contributed by atoms with van der Waals surface area (Å²) in [6.45, 7) is 2.46. The number of nitrogens with one attached hydrogen (secondary N) is 1. The maximum absolute atomic E-state index is 11.5. The number of carbonyl (C=O) groups excluding carboxylic acids is 1. The second kappa shape index (κ2) is 8.33. The van der Waals surface area contributed by atoms with Crippen molar-refractivity contribution >= 4 is 22.6 Å². The van der Waals surface area contributed by atoms with Crippen LogP contribution in [0.4, 0.5) is 9.93 Å². The van der Waals surface area contributed by atoms with E-state index in [0.717, 1.165) is 29.2 Å². The van der Waals surface area contributed by atoms with E-state index < -0.39 is 6.09 Å². The molecule has 1 aromatic carbocycles. The van der Waals surface area contributed by atoms with Crippen LogP contribution in [-0.2, 0) is 11.2 Å². The first kappa shape index (κ1) is 16.2. The van der Waals surface area contributed by atoms with Crippen LogP contribution in [-0.4, -0.2) is 30.0 Å². The van der Waals surface area contributed by atoms with Gasteiger partial charge in [0.2, 0.25) is 5.13 Å². The van der Waals surface area contributed by atoms with Crippen molar-refractivity contribution in [2.45, 2.75) is 26.2 Å². The SMILES string of the molecule is CCCCOC(=O)Nc1nnc(Cc2ccc(OC)cc2)s1. The molecule has 2 aromatic rings. The molecular formula is C15H19N3O3S. The van der Waals surface area contributed by atoms with Gasteiger partial charge in [-0.1, -0.05) is 36.8 Å². The first-order valence-corrected chi connectivity index (χ1v) is 7.92. The maximum atomic E-state index is 11.5. The molecule has 1 N–H and O–H groups in total. The van der Waals surface area contributed by atoms with Crippen molar-refractivity contribution in [3.8, 4) is 5.75 Å². The van der Waals surface area contributed by atoms with Gasteiger partial charge in [-0.3, -0.25) is 5.32 Å². The monoisotopic (exact) mass is 321 g/mol. The molecule has 0 spiro atoms. The number of rotatable bonds is 7. The minimum absolute atomic E-state index is 0.417. The van der Waals surface area contributed by atoms with Crippen molar-refractivity contribution in [2.75, 3.05) is 19.0 Å². The number of hydrogen-bond acceptors (Lipinski definition) is 6. The van der Waals surface area contributed by atoms with Gasteiger partial charge in [-0.25, -0.2) is 4.79 Å². The Morgan fingerprint density at radius 3 is 2.73 bits per heavy atom. The second-order valence-corrected chi connectivity index (χ2v) is 5.70. The van der Waals surface area contributed by atoms with Gasteiger partial charge in [0.05, 0.1) is 13.7 Å². The second-order valence-electron chi connectivity index (χ2n) is 4.64. The standard InChI is InChI=1S/C15H19N3O3S/c1-3-4-9-21-15(19)16-14-18-17-13(22-14)10-11-5-7-12(20-2)8-6-11/h5-8H,3-4,9-10H2,1-2H3,(H,16,18,19). The fraction of sp³-hybridized carbons (Fsp3) is 0.400. The molecule has 0 unspecified atom stereocenters. The number of hydrogen-bond donors (Lipinski definition) is 1. The third-order valence-electron chi connectivity index (χ3n) is 2.92. The normalized spacial score (nSPS) is 10.3. The molecule has 0 radical (unpaired) electrons. The minimum Gasteiger partial charge on any atom is -0.497 e. The summed E-state index contributed by atoms with van der Waals surface area (Å²) in [6, 6.07) is 7.76. The Hall–Kier alpha value is -2.15. The topological polar surface area (TPSA) is 73.3 Å². The van der Waals surface area contributed by atoms with Crippen LogP contribution in [0.15, 0.2) is 24.3 Å². The Bertz CT molecular complexity index is 598. The van der Waals surface area contributed by atoms with E-state index in [1.165, 1.54) is 11.3 Å². The first-order valence-electron chi connectivity index (χ1n) is 7.10. The van der Waals surface area contributed by atoms with Crippen molar-refractivity contribution in [1.82, 2.24) is 10.2 Å². The highest BCUT2D eigenvalue weighted by atomic mass is 32.1. The van der Waals surface area contributed by atoms with Gasteiger partial charge in [-0.2, -0.15) is 0 Å². The number of benzene rings is 1. The number of methoxy groups -OCH3 is 1. The third-order valence-corrected chi connectivity index (χ3v) is 3.76. The van der Waals surface area contributed by atoms with Crippen LogP contribution >= 0.6 is 11.3 Å². The van der Waals surface area contributed by atoms with E-state index in [-0.39, 0.29) is 0 Å². The summed E-state index contributed by atoms with van der Waals surface area (Å²) in [5, 5.41) is 11.9. The molecule has 1 amide bonds. The van der Waals surface area contributed by atoms with Crippen LogP contribution < -0.4 is 10.1 Å². The number of amides is 1. The van der Waals surface area contributed by atoms with Crippen LogP contribution in [0.2, 0.25) is 0 Å². The average Bonchev–Trinajstić information content (AvgIpc) is 2.95. The summed E-state index contributed by atoms with van der Waals surface area (Å²) in [7, 11) is 1.64. The van der Waals surface area contributed by atoms with E-state index in [1.54, 1.807) is 7.11 Å². The molecule has 118 valence electrons. The van der Waals surface area contributed by atoms with E-state index in [9.17, 15) is 4.79 Å². The van der Waals surface area contributed by atoms with E-state index in [1.807, 2.05) is 31.2 Å². The van der Waals surface area contributed by atoms with Crippen LogP contribution in [0.3, 0.4) is 0 Å². The third kappa shape index (κ3) is 5.00. The van der Waals surface area contributed by atoms with Crippen LogP contribution in [0.25, 0.3) is 0 Å². The summed E-state index contributed by atoms with van der Waals surface area (Å²) in [4.78, 5) is 11.5. The van der Waals surface area contributed by atoms with Crippen molar-refractivity contribution in [3.05, 3.63) is 34.8 Å². The predicted molar refractivity (Wildman–Crippen MR) is 85.6 cm³/mol. The zero-order valence-corrected chi connectivity index (χ0v) is 13.5. The van der Waals surface area contributed by atoms with Gasteiger partial charge in [-0.05, 0) is 24.1 Å². The lowest BCUT2D eigenvalue weighted by atomic mass is 10.1. The first-order chi connectivity index (χ1) is 10.7. The lowest BCUT2D eigenvalue weighted by Crippen LogP contribution is -2.14. The molecule has 0 saturated heterocycles. The summed E-state index contributed by atoms with van der Waals surface area (Å²) < 4.78 is 10.1. The number of nitrogens with zero attached hydrogens (tertiary/aromatic N) is 2. The van der Waals surface area contributed by atoms with Gasteiger partial charge in [0, 0.05) is 6.42 Å².